The van der Waals surface area contributed by atoms with E-state index in [0.717, 1.165) is 23.9 Å². The van der Waals surface area contributed by atoms with Gasteiger partial charge >= 0.3 is 11.9 Å². The normalized spacial score (nSPS) is 9.69. The number of rotatable bonds is 1. The van der Waals surface area contributed by atoms with Crippen molar-refractivity contribution in [2.45, 2.75) is 0 Å². The molecule has 1 heterocycles. The van der Waals surface area contributed by atoms with E-state index in [1.165, 1.54) is 0 Å². The molecule has 0 bridgehead atoms. The van der Waals surface area contributed by atoms with Crippen LogP contribution in [0.3, 0.4) is 0 Å². The van der Waals surface area contributed by atoms with E-state index in [1.54, 1.807) is 0 Å². The molecule has 0 atom stereocenters. The second-order valence-electron chi connectivity index (χ2n) is 2.11. The maximum atomic E-state index is 10.9. The molecule has 0 aliphatic carbocycles. The second-order valence-corrected chi connectivity index (χ2v) is 2.55. The average Bonchev–Trinajstić information content (AvgIpc) is 2.46. The first kappa shape index (κ1) is 9.53. The lowest BCUT2D eigenvalue weighted by molar-refractivity contribution is -0.390. The monoisotopic (exact) mass is 204 g/mol. The summed E-state index contributed by atoms with van der Waals surface area (Å²) in [6.07, 6.45) is 0.268. The van der Waals surface area contributed by atoms with Gasteiger partial charge in [0.05, 0.1) is 18.2 Å². The Kier molecular flexibility index (Phi) is 2.52. The van der Waals surface area contributed by atoms with Gasteiger partial charge in [0.25, 0.3) is 0 Å². The van der Waals surface area contributed by atoms with E-state index in [2.05, 4.69) is 4.74 Å². The minimum atomic E-state index is -0.849. The molecular weight excluding hydrogens is 200 g/mol. The van der Waals surface area contributed by atoms with Gasteiger partial charge in [0, 0.05) is 0 Å². The van der Waals surface area contributed by atoms with Crippen LogP contribution in [0.25, 0.3) is 0 Å². The molecule has 1 aromatic heterocycles. The van der Waals surface area contributed by atoms with E-state index in [1.807, 2.05) is 0 Å². The van der Waals surface area contributed by atoms with Crippen molar-refractivity contribution in [1.82, 2.24) is 4.57 Å². The smallest absolute Gasteiger partial charge is 0.434 e. The predicted octanol–water partition coefficient (Wildman–Crippen LogP) is 1.66. The fraction of sp³-hybridized carbons (Fsp3) is 0.167. The SMILES string of the molecule is COC(=O)n1cc(Cl)cc1[N+](=O)[O-]. The Bertz CT molecular complexity index is 360. The molecule has 1 rings (SSSR count). The van der Waals surface area contributed by atoms with Crippen LogP contribution in [-0.4, -0.2) is 22.7 Å². The van der Waals surface area contributed by atoms with Crippen molar-refractivity contribution in [1.29, 1.82) is 0 Å². The highest BCUT2D eigenvalue weighted by atomic mass is 35.5. The van der Waals surface area contributed by atoms with E-state index in [0.29, 0.717) is 0 Å². The zero-order valence-electron chi connectivity index (χ0n) is 6.56. The molecule has 0 saturated heterocycles. The molecule has 0 fully saturated rings. The van der Waals surface area contributed by atoms with Crippen molar-refractivity contribution in [2.75, 3.05) is 7.11 Å². The van der Waals surface area contributed by atoms with Gasteiger partial charge in [0.2, 0.25) is 0 Å². The minimum Gasteiger partial charge on any atom is -0.434 e. The highest BCUT2D eigenvalue weighted by Gasteiger charge is 2.22. The number of aromatic nitrogens is 1. The number of carbonyl (C=O) groups excluding carboxylic acids is 1. The first-order valence-corrected chi connectivity index (χ1v) is 3.54. The fourth-order valence-corrected chi connectivity index (χ4v) is 1.00. The summed E-state index contributed by atoms with van der Waals surface area (Å²) in [7, 11) is 1.12. The number of methoxy groups -OCH3 is 1. The third kappa shape index (κ3) is 1.78. The zero-order valence-corrected chi connectivity index (χ0v) is 7.32. The summed E-state index contributed by atoms with van der Waals surface area (Å²) >= 11 is 5.48. The summed E-state index contributed by atoms with van der Waals surface area (Å²) in [4.78, 5) is 20.6. The highest BCUT2D eigenvalue weighted by Crippen LogP contribution is 2.20. The van der Waals surface area contributed by atoms with Crippen LogP contribution in [0.2, 0.25) is 5.02 Å². The van der Waals surface area contributed by atoms with Gasteiger partial charge in [-0.25, -0.2) is 0 Å². The van der Waals surface area contributed by atoms with Gasteiger partial charge in [-0.15, -0.1) is 4.57 Å². The average molecular weight is 205 g/mol. The Morgan fingerprint density at radius 1 is 1.77 bits per heavy atom. The van der Waals surface area contributed by atoms with Gasteiger partial charge in [-0.05, 0) is 4.92 Å². The zero-order chi connectivity index (χ0) is 10.0. The molecule has 0 unspecified atom stereocenters. The third-order valence-corrected chi connectivity index (χ3v) is 1.53. The molecule has 0 saturated carbocycles. The number of halogens is 1. The van der Waals surface area contributed by atoms with Crippen molar-refractivity contribution in [3.8, 4) is 0 Å². The molecule has 0 aromatic carbocycles. The summed E-state index contributed by atoms with van der Waals surface area (Å²) in [6, 6.07) is 1.07. The minimum absolute atomic E-state index is 0.108. The third-order valence-electron chi connectivity index (χ3n) is 1.32. The Hall–Kier alpha value is -1.56. The van der Waals surface area contributed by atoms with Gasteiger partial charge in [-0.2, -0.15) is 4.79 Å². The van der Waals surface area contributed by atoms with Crippen LogP contribution in [0.4, 0.5) is 10.6 Å². The van der Waals surface area contributed by atoms with E-state index in [4.69, 9.17) is 11.6 Å². The van der Waals surface area contributed by atoms with Gasteiger partial charge < -0.3 is 14.9 Å². The quantitative estimate of drug-likeness (QED) is 0.515. The van der Waals surface area contributed by atoms with Crippen LogP contribution in [0.5, 0.6) is 0 Å². The first-order chi connectivity index (χ1) is 6.06. The van der Waals surface area contributed by atoms with Crippen LogP contribution in [0.1, 0.15) is 0 Å². The highest BCUT2D eigenvalue weighted by molar-refractivity contribution is 6.30. The van der Waals surface area contributed by atoms with Gasteiger partial charge in [-0.1, -0.05) is 11.6 Å². The fourth-order valence-electron chi connectivity index (χ4n) is 0.805. The molecular formula is C6H5ClN2O4. The largest absolute Gasteiger partial charge is 0.511 e. The lowest BCUT2D eigenvalue weighted by Crippen LogP contribution is -2.12. The summed E-state index contributed by atoms with van der Waals surface area (Å²) in [5.74, 6) is -0.420. The summed E-state index contributed by atoms with van der Waals surface area (Å²) < 4.78 is 5.03. The number of hydrogen-bond donors (Lipinski definition) is 0. The number of ether oxygens (including phenoxy) is 1. The molecule has 70 valence electrons. The molecule has 0 aliphatic heterocycles. The summed E-state index contributed by atoms with van der Waals surface area (Å²) in [6.45, 7) is 0. The topological polar surface area (TPSA) is 74.4 Å². The van der Waals surface area contributed by atoms with Crippen molar-refractivity contribution in [2.24, 2.45) is 0 Å². The van der Waals surface area contributed by atoms with Gasteiger partial charge in [0.1, 0.15) is 6.20 Å². The lowest BCUT2D eigenvalue weighted by atomic mass is 10.6. The van der Waals surface area contributed by atoms with Crippen LogP contribution in [-0.2, 0) is 4.74 Å². The van der Waals surface area contributed by atoms with Crippen molar-refractivity contribution in [3.63, 3.8) is 0 Å². The maximum absolute atomic E-state index is 10.9. The molecule has 0 spiro atoms. The van der Waals surface area contributed by atoms with Gasteiger partial charge in [0.15, 0.2) is 0 Å². The predicted molar refractivity (Wildman–Crippen MR) is 43.9 cm³/mol. The van der Waals surface area contributed by atoms with Crippen LogP contribution >= 0.6 is 11.6 Å². The Morgan fingerprint density at radius 2 is 2.38 bits per heavy atom. The number of carbonyl (C=O) groups is 1. The standard InChI is InChI=1S/C6H5ClN2O4/c1-13-6(10)8-3-4(7)2-5(8)9(11)12/h2-3H,1H3. The molecule has 0 radical (unpaired) electrons. The second kappa shape index (κ2) is 3.44. The van der Waals surface area contributed by atoms with Crippen molar-refractivity contribution < 1.29 is 14.5 Å². The van der Waals surface area contributed by atoms with E-state index >= 15 is 0 Å². The number of nitrogens with zero attached hydrogens (tertiary/aromatic N) is 2. The first-order valence-electron chi connectivity index (χ1n) is 3.17. The molecule has 13 heavy (non-hydrogen) atoms. The number of hydrogen-bond acceptors (Lipinski definition) is 4. The molecule has 0 aliphatic rings. The lowest BCUT2D eigenvalue weighted by Gasteiger charge is -1.96. The Balaban J connectivity index is 3.19. The Morgan fingerprint density at radius 3 is 2.85 bits per heavy atom. The molecule has 0 amide bonds. The molecule has 1 aromatic rings. The summed E-state index contributed by atoms with van der Waals surface area (Å²) in [5.41, 5.74) is 0. The van der Waals surface area contributed by atoms with Crippen molar-refractivity contribution in [3.05, 3.63) is 27.4 Å². The van der Waals surface area contributed by atoms with Crippen molar-refractivity contribution >= 4 is 23.5 Å². The van der Waals surface area contributed by atoms with Crippen LogP contribution in [0.15, 0.2) is 12.3 Å². The van der Waals surface area contributed by atoms with E-state index in [-0.39, 0.29) is 5.02 Å². The van der Waals surface area contributed by atoms with E-state index in [9.17, 15) is 14.9 Å². The summed E-state index contributed by atoms with van der Waals surface area (Å²) in [5, 5.41) is 10.5. The van der Waals surface area contributed by atoms with Gasteiger partial charge in [-0.3, -0.25) is 0 Å². The van der Waals surface area contributed by atoms with E-state index < -0.39 is 16.8 Å². The molecule has 0 N–H and O–H groups in total. The maximum Gasteiger partial charge on any atom is 0.511 e. The molecule has 6 nitrogen and oxygen atoms in total. The van der Waals surface area contributed by atoms with Crippen LogP contribution in [0, 0.1) is 10.1 Å². The molecule has 7 heteroatoms. The Labute approximate surface area is 77.8 Å². The number of nitro groups is 1. The van der Waals surface area contributed by atoms with Crippen LogP contribution < -0.4 is 0 Å².